The molecule has 0 aliphatic carbocycles. The molecule has 1 N–H and O–H groups in total. The van der Waals surface area contributed by atoms with E-state index in [4.69, 9.17) is 0 Å². The number of benzene rings is 5. The van der Waals surface area contributed by atoms with E-state index in [0.717, 1.165) is 78.3 Å². The summed E-state index contributed by atoms with van der Waals surface area (Å²) in [6.07, 6.45) is 6.46. The molecule has 0 bridgehead atoms. The van der Waals surface area contributed by atoms with Gasteiger partial charge in [-0.2, -0.15) is 0 Å². The number of rotatable bonds is 17. The lowest BCUT2D eigenvalue weighted by molar-refractivity contribution is -0.137. The van der Waals surface area contributed by atoms with Gasteiger partial charge in [-0.1, -0.05) is 172 Å². The largest absolute Gasteiger partial charge is 0.340 e. The van der Waals surface area contributed by atoms with Crippen LogP contribution in [-0.4, -0.2) is 89.8 Å². The fourth-order valence-corrected chi connectivity index (χ4v) is 8.26. The number of piperazine rings is 2. The molecule has 0 saturated carbocycles. The van der Waals surface area contributed by atoms with Gasteiger partial charge in [0, 0.05) is 77.9 Å². The maximum atomic E-state index is 13.6. The summed E-state index contributed by atoms with van der Waals surface area (Å²) in [5.41, 5.74) is 7.73. The van der Waals surface area contributed by atoms with E-state index >= 15 is 0 Å². The standard InChI is InChI=1S/C32H41N3O.C21H26N2O/c1-2-3-6-11-27-16-18-29(19-17-27)25-33-31(24-28-12-7-4-8-13-28)32(36)35-22-20-34(21-23-35)26-30-14-9-5-10-15-30;1-18(16-19-8-4-2-5-9-19)21(24)23-14-12-22(13-15-23)17-20-10-6-3-7-11-20/h4-5,7-10,12-19,31,33H,2-3,6,11,20-26H2,1H3;2-11,18H,12-17H2,1H3/t31-;18-/m00/s1. The quantitative estimate of drug-likeness (QED) is 0.0955. The van der Waals surface area contributed by atoms with Gasteiger partial charge in [0.15, 0.2) is 0 Å². The lowest BCUT2D eigenvalue weighted by atomic mass is 9.99. The van der Waals surface area contributed by atoms with Crippen molar-refractivity contribution in [2.24, 2.45) is 5.92 Å². The highest BCUT2D eigenvalue weighted by atomic mass is 16.2. The van der Waals surface area contributed by atoms with Crippen LogP contribution >= 0.6 is 0 Å². The van der Waals surface area contributed by atoms with Crippen LogP contribution in [0.1, 0.15) is 66.5 Å². The van der Waals surface area contributed by atoms with Gasteiger partial charge < -0.3 is 15.1 Å². The Bertz CT molecular complexity index is 1940. The minimum atomic E-state index is -0.225. The van der Waals surface area contributed by atoms with Crippen molar-refractivity contribution in [1.82, 2.24) is 24.9 Å². The van der Waals surface area contributed by atoms with Gasteiger partial charge in [-0.25, -0.2) is 0 Å². The van der Waals surface area contributed by atoms with Crippen molar-refractivity contribution in [3.8, 4) is 0 Å². The van der Waals surface area contributed by atoms with E-state index in [1.54, 1.807) is 0 Å². The predicted octanol–water partition coefficient (Wildman–Crippen LogP) is 8.67. The van der Waals surface area contributed by atoms with E-state index in [2.05, 4.69) is 142 Å². The van der Waals surface area contributed by atoms with Crippen LogP contribution in [0.25, 0.3) is 0 Å². The van der Waals surface area contributed by atoms with E-state index in [1.807, 2.05) is 42.2 Å². The molecule has 2 heterocycles. The summed E-state index contributed by atoms with van der Waals surface area (Å²) < 4.78 is 0. The Hall–Kier alpha value is -5.08. The molecule has 2 amide bonds. The van der Waals surface area contributed by atoms with Crippen LogP contribution < -0.4 is 5.32 Å². The van der Waals surface area contributed by atoms with E-state index < -0.39 is 0 Å². The number of hydrogen-bond donors (Lipinski definition) is 1. The number of hydrogen-bond acceptors (Lipinski definition) is 5. The SMILES string of the molecule is CCCCCc1ccc(CN[C@@H](Cc2ccccc2)C(=O)N2CCN(Cc3ccccc3)CC2)cc1.C[C@@H](Cc1ccccc1)C(=O)N1CCN(Cc2ccccc2)CC1. The lowest BCUT2D eigenvalue weighted by Gasteiger charge is -2.36. The molecule has 2 aliphatic heterocycles. The van der Waals surface area contributed by atoms with E-state index in [9.17, 15) is 9.59 Å². The van der Waals surface area contributed by atoms with E-state index in [-0.39, 0.29) is 17.9 Å². The third kappa shape index (κ3) is 14.6. The summed E-state index contributed by atoms with van der Waals surface area (Å²) >= 11 is 0. The Balaban J connectivity index is 0.000000218. The molecule has 7 rings (SSSR count). The number of nitrogens with one attached hydrogen (secondary N) is 1. The van der Waals surface area contributed by atoms with Crippen LogP contribution in [0.2, 0.25) is 0 Å². The van der Waals surface area contributed by atoms with Gasteiger partial charge in [0.25, 0.3) is 0 Å². The monoisotopic (exact) mass is 806 g/mol. The second-order valence-electron chi connectivity index (χ2n) is 16.7. The third-order valence-electron chi connectivity index (χ3n) is 11.9. The molecule has 2 fully saturated rings. The van der Waals surface area contributed by atoms with E-state index in [1.165, 1.54) is 52.6 Å². The molecule has 316 valence electrons. The van der Waals surface area contributed by atoms with Crippen molar-refractivity contribution in [3.05, 3.63) is 179 Å². The van der Waals surface area contributed by atoms with Gasteiger partial charge in [-0.3, -0.25) is 19.4 Å². The summed E-state index contributed by atoms with van der Waals surface area (Å²) in [4.78, 5) is 35.3. The molecule has 5 aromatic rings. The van der Waals surface area contributed by atoms with Crippen molar-refractivity contribution < 1.29 is 9.59 Å². The fraction of sp³-hybridized carbons (Fsp3) is 0.396. The van der Waals surface area contributed by atoms with Gasteiger partial charge in [0.2, 0.25) is 11.8 Å². The first-order valence-electron chi connectivity index (χ1n) is 22.4. The summed E-state index contributed by atoms with van der Waals surface area (Å²) in [6.45, 7) is 13.9. The molecular weight excluding hydrogens is 739 g/mol. The van der Waals surface area contributed by atoms with Gasteiger partial charge in [-0.05, 0) is 59.1 Å². The highest BCUT2D eigenvalue weighted by Gasteiger charge is 2.28. The van der Waals surface area contributed by atoms with Crippen LogP contribution in [0.3, 0.4) is 0 Å². The van der Waals surface area contributed by atoms with Crippen molar-refractivity contribution in [2.45, 2.75) is 78.0 Å². The minimum Gasteiger partial charge on any atom is -0.340 e. The molecule has 2 atom stereocenters. The van der Waals surface area contributed by atoms with Crippen molar-refractivity contribution >= 4 is 11.8 Å². The topological polar surface area (TPSA) is 59.1 Å². The van der Waals surface area contributed by atoms with Gasteiger partial charge in [0.1, 0.15) is 0 Å². The number of carbonyl (C=O) groups is 2. The molecule has 0 aromatic heterocycles. The molecule has 7 heteroatoms. The zero-order valence-corrected chi connectivity index (χ0v) is 36.1. The minimum absolute atomic E-state index is 0.0491. The van der Waals surface area contributed by atoms with Crippen LogP contribution in [0.5, 0.6) is 0 Å². The molecule has 0 unspecified atom stereocenters. The first-order valence-corrected chi connectivity index (χ1v) is 22.4. The number of amides is 2. The normalized spacial score (nSPS) is 15.8. The van der Waals surface area contributed by atoms with Crippen LogP contribution in [-0.2, 0) is 48.5 Å². The van der Waals surface area contributed by atoms with Crippen LogP contribution in [0, 0.1) is 5.92 Å². The molecule has 7 nitrogen and oxygen atoms in total. The number of unbranched alkanes of at least 4 members (excludes halogenated alkanes) is 2. The Morgan fingerprint density at radius 1 is 0.483 bits per heavy atom. The molecular formula is C53H67N5O2. The predicted molar refractivity (Wildman–Crippen MR) is 246 cm³/mol. The smallest absolute Gasteiger partial charge is 0.240 e. The third-order valence-corrected chi connectivity index (χ3v) is 11.9. The summed E-state index contributed by atoms with van der Waals surface area (Å²) in [7, 11) is 0. The highest BCUT2D eigenvalue weighted by molar-refractivity contribution is 5.82. The maximum absolute atomic E-state index is 13.6. The summed E-state index contributed by atoms with van der Waals surface area (Å²) in [5.74, 6) is 0.556. The first kappa shape index (κ1) is 44.5. The van der Waals surface area contributed by atoms with Crippen molar-refractivity contribution in [2.75, 3.05) is 52.4 Å². The average molecular weight is 806 g/mol. The molecule has 5 aromatic carbocycles. The number of aryl methyl sites for hydroxylation is 1. The highest BCUT2D eigenvalue weighted by Crippen LogP contribution is 2.16. The molecule has 0 spiro atoms. The molecule has 60 heavy (non-hydrogen) atoms. The first-order chi connectivity index (χ1) is 29.4. The molecule has 0 radical (unpaired) electrons. The molecule has 2 aliphatic rings. The zero-order chi connectivity index (χ0) is 41.8. The zero-order valence-electron chi connectivity index (χ0n) is 36.1. The van der Waals surface area contributed by atoms with Crippen molar-refractivity contribution in [1.29, 1.82) is 0 Å². The number of carbonyl (C=O) groups excluding carboxylic acids is 2. The van der Waals surface area contributed by atoms with Crippen molar-refractivity contribution in [3.63, 3.8) is 0 Å². The Morgan fingerprint density at radius 2 is 0.900 bits per heavy atom. The Morgan fingerprint density at radius 3 is 1.37 bits per heavy atom. The van der Waals surface area contributed by atoms with Crippen LogP contribution in [0.4, 0.5) is 0 Å². The van der Waals surface area contributed by atoms with E-state index in [0.29, 0.717) is 18.9 Å². The maximum Gasteiger partial charge on any atom is 0.240 e. The summed E-state index contributed by atoms with van der Waals surface area (Å²) in [5, 5.41) is 3.60. The Kier molecular flexibility index (Phi) is 18.0. The Labute approximate surface area is 360 Å². The fourth-order valence-electron chi connectivity index (χ4n) is 8.26. The lowest BCUT2D eigenvalue weighted by Crippen LogP contribution is -2.54. The second kappa shape index (κ2) is 24.2. The average Bonchev–Trinajstić information content (AvgIpc) is 3.30. The van der Waals surface area contributed by atoms with Gasteiger partial charge >= 0.3 is 0 Å². The van der Waals surface area contributed by atoms with Crippen LogP contribution in [0.15, 0.2) is 146 Å². The summed E-state index contributed by atoms with van der Waals surface area (Å²) in [6, 6.07) is 50.5. The van der Waals surface area contributed by atoms with Gasteiger partial charge in [-0.15, -0.1) is 0 Å². The second-order valence-corrected chi connectivity index (χ2v) is 16.7. The van der Waals surface area contributed by atoms with Gasteiger partial charge in [0.05, 0.1) is 6.04 Å². The number of nitrogens with zero attached hydrogens (tertiary/aromatic N) is 4. The molecule has 2 saturated heterocycles.